The van der Waals surface area contributed by atoms with Gasteiger partial charge in [0, 0.05) is 12.2 Å². The lowest BCUT2D eigenvalue weighted by Gasteiger charge is -2.21. The molecule has 0 heterocycles. The van der Waals surface area contributed by atoms with Gasteiger partial charge in [-0.05, 0) is 35.9 Å². The number of rotatable bonds is 8. The Labute approximate surface area is 169 Å². The number of para-hydroxylation sites is 1. The molecule has 0 N–H and O–H groups in total. The van der Waals surface area contributed by atoms with Crippen LogP contribution in [0.5, 0.6) is 5.75 Å². The third-order valence-corrected chi connectivity index (χ3v) is 3.91. The van der Waals surface area contributed by atoms with Crippen molar-refractivity contribution in [2.75, 3.05) is 25.2 Å². The summed E-state index contributed by atoms with van der Waals surface area (Å²) in [6.45, 7) is -0.371. The molecule has 29 heavy (non-hydrogen) atoms. The van der Waals surface area contributed by atoms with E-state index in [4.69, 9.17) is 14.7 Å². The SMILES string of the molecule is COc1ccc(C=C(C#N)C(=O)OCC(=O)N(CCC#N)c2ccccc2)cc1. The molecule has 2 aromatic carbocycles. The van der Waals surface area contributed by atoms with Crippen molar-refractivity contribution in [3.05, 3.63) is 65.7 Å². The van der Waals surface area contributed by atoms with Crippen molar-refractivity contribution in [2.24, 2.45) is 0 Å². The van der Waals surface area contributed by atoms with Gasteiger partial charge in [-0.15, -0.1) is 0 Å². The summed E-state index contributed by atoms with van der Waals surface area (Å²) < 4.78 is 10.1. The number of hydrogen-bond donors (Lipinski definition) is 0. The molecule has 0 saturated carbocycles. The first kappa shape index (κ1) is 21.2. The molecule has 2 aromatic rings. The number of ether oxygens (including phenoxy) is 2. The van der Waals surface area contributed by atoms with Gasteiger partial charge in [-0.25, -0.2) is 4.79 Å². The van der Waals surface area contributed by atoms with Crippen molar-refractivity contribution >= 4 is 23.6 Å². The van der Waals surface area contributed by atoms with Crippen LogP contribution in [-0.4, -0.2) is 32.1 Å². The van der Waals surface area contributed by atoms with Crippen molar-refractivity contribution in [1.29, 1.82) is 10.5 Å². The normalized spacial score (nSPS) is 10.4. The second-order valence-corrected chi connectivity index (χ2v) is 5.81. The second kappa shape index (κ2) is 10.9. The quantitative estimate of drug-likeness (QED) is 0.390. The molecule has 0 spiro atoms. The summed E-state index contributed by atoms with van der Waals surface area (Å²) in [5.74, 6) is -0.737. The molecule has 1 amide bonds. The zero-order valence-corrected chi connectivity index (χ0v) is 15.9. The highest BCUT2D eigenvalue weighted by Gasteiger charge is 2.19. The fourth-order valence-corrected chi connectivity index (χ4v) is 2.45. The van der Waals surface area contributed by atoms with Gasteiger partial charge in [-0.1, -0.05) is 30.3 Å². The zero-order chi connectivity index (χ0) is 21.1. The maximum atomic E-state index is 12.5. The highest BCUT2D eigenvalue weighted by Crippen LogP contribution is 2.16. The average molecular weight is 389 g/mol. The Morgan fingerprint density at radius 3 is 2.34 bits per heavy atom. The molecule has 0 aliphatic heterocycles. The number of hydrogen-bond acceptors (Lipinski definition) is 6. The largest absolute Gasteiger partial charge is 0.497 e. The van der Waals surface area contributed by atoms with Crippen LogP contribution in [0.2, 0.25) is 0 Å². The smallest absolute Gasteiger partial charge is 0.349 e. The minimum atomic E-state index is -0.898. The Balaban J connectivity index is 2.06. The van der Waals surface area contributed by atoms with Gasteiger partial charge in [0.2, 0.25) is 0 Å². The summed E-state index contributed by atoms with van der Waals surface area (Å²) in [5, 5.41) is 18.1. The van der Waals surface area contributed by atoms with E-state index < -0.39 is 18.5 Å². The number of methoxy groups -OCH3 is 1. The van der Waals surface area contributed by atoms with E-state index >= 15 is 0 Å². The van der Waals surface area contributed by atoms with Crippen LogP contribution in [0.1, 0.15) is 12.0 Å². The van der Waals surface area contributed by atoms with Crippen LogP contribution < -0.4 is 9.64 Å². The number of nitrogens with zero attached hydrogens (tertiary/aromatic N) is 3. The van der Waals surface area contributed by atoms with Crippen LogP contribution in [0.3, 0.4) is 0 Å². The van der Waals surface area contributed by atoms with Crippen LogP contribution in [0.25, 0.3) is 6.08 Å². The molecule has 146 valence electrons. The molecule has 7 nitrogen and oxygen atoms in total. The molecular weight excluding hydrogens is 370 g/mol. The van der Waals surface area contributed by atoms with E-state index in [0.29, 0.717) is 17.0 Å². The van der Waals surface area contributed by atoms with Gasteiger partial charge in [0.25, 0.3) is 5.91 Å². The van der Waals surface area contributed by atoms with E-state index in [1.54, 1.807) is 60.7 Å². The molecule has 2 rings (SSSR count). The first-order valence-corrected chi connectivity index (χ1v) is 8.74. The summed E-state index contributed by atoms with van der Waals surface area (Å²) >= 11 is 0. The van der Waals surface area contributed by atoms with Crippen molar-refractivity contribution in [3.8, 4) is 17.9 Å². The third-order valence-electron chi connectivity index (χ3n) is 3.91. The second-order valence-electron chi connectivity index (χ2n) is 5.81. The summed E-state index contributed by atoms with van der Waals surface area (Å²) in [5.41, 5.74) is 0.981. The fraction of sp³-hybridized carbons (Fsp3) is 0.182. The Hall–Kier alpha value is -4.10. The summed E-state index contributed by atoms with van der Waals surface area (Å²) in [6, 6.07) is 19.3. The predicted octanol–water partition coefficient (Wildman–Crippen LogP) is 3.09. The van der Waals surface area contributed by atoms with E-state index in [1.165, 1.54) is 18.1 Å². The van der Waals surface area contributed by atoms with Gasteiger partial charge in [0.1, 0.15) is 17.4 Å². The van der Waals surface area contributed by atoms with E-state index in [-0.39, 0.29) is 18.5 Å². The number of esters is 1. The molecule has 0 fully saturated rings. The zero-order valence-electron chi connectivity index (χ0n) is 15.9. The highest BCUT2D eigenvalue weighted by molar-refractivity contribution is 6.00. The minimum absolute atomic E-state index is 0.134. The Kier molecular flexibility index (Phi) is 7.97. The summed E-state index contributed by atoms with van der Waals surface area (Å²) in [6.07, 6.45) is 1.51. The molecule has 0 radical (unpaired) electrons. The Morgan fingerprint density at radius 2 is 1.76 bits per heavy atom. The van der Waals surface area contributed by atoms with Gasteiger partial charge < -0.3 is 14.4 Å². The number of anilines is 1. The van der Waals surface area contributed by atoms with Gasteiger partial charge in [0.15, 0.2) is 6.61 Å². The van der Waals surface area contributed by atoms with Crippen LogP contribution >= 0.6 is 0 Å². The Morgan fingerprint density at radius 1 is 1.07 bits per heavy atom. The maximum Gasteiger partial charge on any atom is 0.349 e. The predicted molar refractivity (Wildman–Crippen MR) is 107 cm³/mol. The molecular formula is C22H19N3O4. The van der Waals surface area contributed by atoms with E-state index in [0.717, 1.165) is 0 Å². The Bertz CT molecular complexity index is 954. The van der Waals surface area contributed by atoms with Crippen LogP contribution in [-0.2, 0) is 14.3 Å². The molecule has 0 aliphatic carbocycles. The lowest BCUT2D eigenvalue weighted by atomic mass is 10.1. The molecule has 0 aromatic heterocycles. The van der Waals surface area contributed by atoms with Gasteiger partial charge >= 0.3 is 5.97 Å². The third kappa shape index (κ3) is 6.23. The number of carbonyl (C=O) groups excluding carboxylic acids is 2. The molecule has 7 heteroatoms. The molecule has 0 saturated heterocycles. The van der Waals surface area contributed by atoms with Crippen LogP contribution in [0.4, 0.5) is 5.69 Å². The number of carbonyl (C=O) groups is 2. The number of amides is 1. The van der Waals surface area contributed by atoms with Crippen molar-refractivity contribution in [1.82, 2.24) is 0 Å². The molecule has 0 unspecified atom stereocenters. The number of benzene rings is 2. The topological polar surface area (TPSA) is 103 Å². The van der Waals surface area contributed by atoms with Gasteiger partial charge in [-0.2, -0.15) is 10.5 Å². The van der Waals surface area contributed by atoms with Crippen molar-refractivity contribution < 1.29 is 19.1 Å². The van der Waals surface area contributed by atoms with E-state index in [2.05, 4.69) is 0 Å². The monoisotopic (exact) mass is 389 g/mol. The summed E-state index contributed by atoms with van der Waals surface area (Å²) in [4.78, 5) is 26.1. The van der Waals surface area contributed by atoms with Crippen molar-refractivity contribution in [3.63, 3.8) is 0 Å². The fourth-order valence-electron chi connectivity index (χ4n) is 2.45. The minimum Gasteiger partial charge on any atom is -0.497 e. The van der Waals surface area contributed by atoms with E-state index in [9.17, 15) is 14.9 Å². The van der Waals surface area contributed by atoms with Crippen molar-refractivity contribution in [2.45, 2.75) is 6.42 Å². The summed E-state index contributed by atoms with van der Waals surface area (Å²) in [7, 11) is 1.54. The lowest BCUT2D eigenvalue weighted by molar-refractivity contribution is -0.143. The van der Waals surface area contributed by atoms with E-state index in [1.807, 2.05) is 6.07 Å². The molecule has 0 atom stereocenters. The first-order valence-electron chi connectivity index (χ1n) is 8.74. The molecule has 0 aliphatic rings. The first-order chi connectivity index (χ1) is 14.1. The van der Waals surface area contributed by atoms with Crippen LogP contribution in [0, 0.1) is 22.7 Å². The molecule has 0 bridgehead atoms. The highest BCUT2D eigenvalue weighted by atomic mass is 16.5. The lowest BCUT2D eigenvalue weighted by Crippen LogP contribution is -2.35. The van der Waals surface area contributed by atoms with Crippen LogP contribution in [0.15, 0.2) is 60.2 Å². The maximum absolute atomic E-state index is 12.5. The van der Waals surface area contributed by atoms with Gasteiger partial charge in [-0.3, -0.25) is 4.79 Å². The van der Waals surface area contributed by atoms with Gasteiger partial charge in [0.05, 0.1) is 19.6 Å². The average Bonchev–Trinajstić information content (AvgIpc) is 2.77. The standard InChI is InChI=1S/C22H19N3O4/c1-28-20-10-8-17(9-11-20)14-18(15-24)22(27)29-16-21(26)25(13-5-12-23)19-6-3-2-4-7-19/h2-4,6-11,14H,5,13,16H2,1H3. The number of nitriles is 2.